The smallest absolute Gasteiger partial charge is 0.419 e. The molecule has 0 saturated carbocycles. The maximum atomic E-state index is 13.1. The third-order valence-electron chi connectivity index (χ3n) is 2.71. The summed E-state index contributed by atoms with van der Waals surface area (Å²) >= 11 is 0. The third-order valence-corrected chi connectivity index (χ3v) is 2.71. The van der Waals surface area contributed by atoms with Crippen LogP contribution >= 0.6 is 0 Å². The SMILES string of the molecule is CCOC(=O)CCCNCc1ccc(F)c(C(F)(F)F)c1. The topological polar surface area (TPSA) is 38.3 Å². The van der Waals surface area contributed by atoms with Crippen LogP contribution in [0.4, 0.5) is 17.6 Å². The molecule has 0 aliphatic rings. The zero-order valence-corrected chi connectivity index (χ0v) is 11.6. The van der Waals surface area contributed by atoms with E-state index in [1.54, 1.807) is 6.92 Å². The lowest BCUT2D eigenvalue weighted by atomic mass is 10.1. The lowest BCUT2D eigenvalue weighted by Gasteiger charge is -2.10. The lowest BCUT2D eigenvalue weighted by Crippen LogP contribution is -2.17. The van der Waals surface area contributed by atoms with Crippen molar-refractivity contribution in [1.82, 2.24) is 5.32 Å². The molecule has 0 amide bonds. The van der Waals surface area contributed by atoms with Gasteiger partial charge in [-0.25, -0.2) is 4.39 Å². The number of carbonyl (C=O) groups excluding carboxylic acids is 1. The van der Waals surface area contributed by atoms with Gasteiger partial charge >= 0.3 is 12.1 Å². The zero-order chi connectivity index (χ0) is 15.9. The number of halogens is 4. The Morgan fingerprint density at radius 2 is 2.05 bits per heavy atom. The molecule has 118 valence electrons. The molecular formula is C14H17F4NO2. The Hall–Kier alpha value is -1.63. The fraction of sp³-hybridized carbons (Fsp3) is 0.500. The number of benzene rings is 1. The average molecular weight is 307 g/mol. The Kier molecular flexibility index (Phi) is 6.61. The fourth-order valence-corrected chi connectivity index (χ4v) is 1.72. The van der Waals surface area contributed by atoms with E-state index in [9.17, 15) is 22.4 Å². The summed E-state index contributed by atoms with van der Waals surface area (Å²) in [5.74, 6) is -1.59. The van der Waals surface area contributed by atoms with Crippen molar-refractivity contribution in [2.75, 3.05) is 13.2 Å². The van der Waals surface area contributed by atoms with E-state index in [0.29, 0.717) is 25.1 Å². The monoisotopic (exact) mass is 307 g/mol. The molecule has 21 heavy (non-hydrogen) atoms. The number of rotatable bonds is 7. The van der Waals surface area contributed by atoms with Gasteiger partial charge in [0.15, 0.2) is 0 Å². The summed E-state index contributed by atoms with van der Waals surface area (Å²) in [5.41, 5.74) is -0.937. The van der Waals surface area contributed by atoms with Gasteiger partial charge in [0.2, 0.25) is 0 Å². The molecule has 1 aromatic rings. The first-order valence-electron chi connectivity index (χ1n) is 6.56. The largest absolute Gasteiger partial charge is 0.466 e. The van der Waals surface area contributed by atoms with E-state index in [1.807, 2.05) is 0 Å². The second-order valence-corrected chi connectivity index (χ2v) is 4.40. The minimum Gasteiger partial charge on any atom is -0.466 e. The molecule has 1 aromatic carbocycles. The highest BCUT2D eigenvalue weighted by Crippen LogP contribution is 2.31. The minimum atomic E-state index is -4.70. The van der Waals surface area contributed by atoms with Crippen molar-refractivity contribution < 1.29 is 27.1 Å². The lowest BCUT2D eigenvalue weighted by molar-refractivity contribution is -0.143. The van der Waals surface area contributed by atoms with E-state index in [0.717, 1.165) is 12.1 Å². The van der Waals surface area contributed by atoms with Crippen molar-refractivity contribution in [2.45, 2.75) is 32.5 Å². The van der Waals surface area contributed by atoms with Crippen LogP contribution < -0.4 is 5.32 Å². The molecule has 3 nitrogen and oxygen atoms in total. The summed E-state index contributed by atoms with van der Waals surface area (Å²) in [5, 5.41) is 2.90. The summed E-state index contributed by atoms with van der Waals surface area (Å²) in [6, 6.07) is 2.88. The first kappa shape index (κ1) is 17.4. The van der Waals surface area contributed by atoms with Crippen LogP contribution in [-0.2, 0) is 22.3 Å². The van der Waals surface area contributed by atoms with Gasteiger partial charge in [0.05, 0.1) is 12.2 Å². The van der Waals surface area contributed by atoms with Crippen LogP contribution in [0.2, 0.25) is 0 Å². The Morgan fingerprint density at radius 3 is 2.67 bits per heavy atom. The van der Waals surface area contributed by atoms with Crippen LogP contribution in [0.3, 0.4) is 0 Å². The molecule has 0 saturated heterocycles. The number of carbonyl (C=O) groups is 1. The van der Waals surface area contributed by atoms with Crippen LogP contribution in [-0.4, -0.2) is 19.1 Å². The maximum absolute atomic E-state index is 13.1. The second-order valence-electron chi connectivity index (χ2n) is 4.40. The molecule has 0 aromatic heterocycles. The highest BCUT2D eigenvalue weighted by Gasteiger charge is 2.34. The molecule has 0 heterocycles. The number of alkyl halides is 3. The summed E-state index contributed by atoms with van der Waals surface area (Å²) in [6.07, 6.45) is -3.94. The Bertz CT molecular complexity index is 475. The average Bonchev–Trinajstić information content (AvgIpc) is 2.39. The van der Waals surface area contributed by atoms with Gasteiger partial charge < -0.3 is 10.1 Å². The number of hydrogen-bond acceptors (Lipinski definition) is 3. The summed E-state index contributed by atoms with van der Waals surface area (Å²) < 4.78 is 55.4. The van der Waals surface area contributed by atoms with Gasteiger partial charge in [-0.1, -0.05) is 6.07 Å². The van der Waals surface area contributed by atoms with Crippen molar-refractivity contribution in [2.24, 2.45) is 0 Å². The molecule has 1 rings (SSSR count). The van der Waals surface area contributed by atoms with Crippen molar-refractivity contribution in [3.05, 3.63) is 35.1 Å². The van der Waals surface area contributed by atoms with Gasteiger partial charge in [-0.05, 0) is 37.6 Å². The normalized spacial score (nSPS) is 11.5. The highest BCUT2D eigenvalue weighted by molar-refractivity contribution is 5.69. The van der Waals surface area contributed by atoms with Gasteiger partial charge in [-0.15, -0.1) is 0 Å². The number of esters is 1. The van der Waals surface area contributed by atoms with E-state index in [1.165, 1.54) is 6.07 Å². The van der Waals surface area contributed by atoms with Crippen molar-refractivity contribution in [1.29, 1.82) is 0 Å². The maximum Gasteiger partial charge on any atom is 0.419 e. The molecule has 0 spiro atoms. The van der Waals surface area contributed by atoms with Gasteiger partial charge in [0.1, 0.15) is 5.82 Å². The van der Waals surface area contributed by atoms with Crippen LogP contribution in [0.1, 0.15) is 30.9 Å². The molecule has 0 aliphatic carbocycles. The van der Waals surface area contributed by atoms with E-state index in [-0.39, 0.29) is 18.9 Å². The molecule has 7 heteroatoms. The summed E-state index contributed by atoms with van der Waals surface area (Å²) in [4.78, 5) is 11.1. The molecule has 0 radical (unpaired) electrons. The zero-order valence-electron chi connectivity index (χ0n) is 11.6. The number of hydrogen-bond donors (Lipinski definition) is 1. The van der Waals surface area contributed by atoms with Crippen LogP contribution in [0.25, 0.3) is 0 Å². The quantitative estimate of drug-likeness (QED) is 0.477. The van der Waals surface area contributed by atoms with E-state index < -0.39 is 17.6 Å². The Morgan fingerprint density at radius 1 is 1.33 bits per heavy atom. The van der Waals surface area contributed by atoms with Gasteiger partial charge in [-0.3, -0.25) is 4.79 Å². The number of ether oxygens (including phenoxy) is 1. The van der Waals surface area contributed by atoms with Crippen molar-refractivity contribution >= 4 is 5.97 Å². The van der Waals surface area contributed by atoms with Crippen LogP contribution in [0.5, 0.6) is 0 Å². The predicted molar refractivity (Wildman–Crippen MR) is 69.0 cm³/mol. The van der Waals surface area contributed by atoms with Gasteiger partial charge in [-0.2, -0.15) is 13.2 Å². The highest BCUT2D eigenvalue weighted by atomic mass is 19.4. The molecule has 0 fully saturated rings. The summed E-state index contributed by atoms with van der Waals surface area (Å²) in [6.45, 7) is 2.66. The predicted octanol–water partition coefficient (Wildman–Crippen LogP) is 3.28. The summed E-state index contributed by atoms with van der Waals surface area (Å²) in [7, 11) is 0. The van der Waals surface area contributed by atoms with E-state index >= 15 is 0 Å². The third kappa shape index (κ3) is 6.12. The standard InChI is InChI=1S/C14H17F4NO2/c1-2-21-13(20)4-3-7-19-9-10-5-6-12(15)11(8-10)14(16,17)18/h5-6,8,19H,2-4,7,9H2,1H3. The first-order valence-corrected chi connectivity index (χ1v) is 6.56. The van der Waals surface area contributed by atoms with Crippen LogP contribution in [0, 0.1) is 5.82 Å². The van der Waals surface area contributed by atoms with Crippen molar-refractivity contribution in [3.8, 4) is 0 Å². The molecule has 0 bridgehead atoms. The van der Waals surface area contributed by atoms with Gasteiger partial charge in [0.25, 0.3) is 0 Å². The Labute approximate surface area is 120 Å². The molecule has 0 aliphatic heterocycles. The van der Waals surface area contributed by atoms with Gasteiger partial charge in [0, 0.05) is 13.0 Å². The van der Waals surface area contributed by atoms with Crippen LogP contribution in [0.15, 0.2) is 18.2 Å². The molecule has 0 unspecified atom stereocenters. The first-order chi connectivity index (χ1) is 9.84. The van der Waals surface area contributed by atoms with E-state index in [4.69, 9.17) is 4.74 Å². The van der Waals surface area contributed by atoms with E-state index in [2.05, 4.69) is 5.32 Å². The second kappa shape index (κ2) is 7.97. The Balaban J connectivity index is 2.41. The fourth-order valence-electron chi connectivity index (χ4n) is 1.72. The van der Waals surface area contributed by atoms with Crippen molar-refractivity contribution in [3.63, 3.8) is 0 Å². The molecule has 1 N–H and O–H groups in total. The number of nitrogens with one attached hydrogen (secondary N) is 1. The molecule has 0 atom stereocenters. The minimum absolute atomic E-state index is 0.173. The molecular weight excluding hydrogens is 290 g/mol.